The molecule has 2 aliphatic rings. The molecular formula is C12H20O3. The van der Waals surface area contributed by atoms with Gasteiger partial charge < -0.3 is 14.2 Å². The van der Waals surface area contributed by atoms with E-state index in [0.717, 1.165) is 12.8 Å². The van der Waals surface area contributed by atoms with Crippen LogP contribution in [-0.2, 0) is 14.2 Å². The molecule has 3 heteroatoms. The first-order valence-electron chi connectivity index (χ1n) is 5.69. The Morgan fingerprint density at radius 3 is 2.33 bits per heavy atom. The van der Waals surface area contributed by atoms with E-state index in [1.165, 1.54) is 0 Å². The lowest BCUT2D eigenvalue weighted by Gasteiger charge is -2.23. The van der Waals surface area contributed by atoms with Gasteiger partial charge in [-0.3, -0.25) is 0 Å². The summed E-state index contributed by atoms with van der Waals surface area (Å²) in [6.45, 7) is 9.79. The van der Waals surface area contributed by atoms with Crippen molar-refractivity contribution in [1.82, 2.24) is 0 Å². The van der Waals surface area contributed by atoms with Crippen molar-refractivity contribution in [3.05, 3.63) is 12.7 Å². The SMILES string of the molecule is C=CC[C@@H]1O[C@H](CC)[C@H]2OC(C)(C)O[C@H]21. The Morgan fingerprint density at radius 1 is 1.20 bits per heavy atom. The van der Waals surface area contributed by atoms with Gasteiger partial charge in [0.2, 0.25) is 0 Å². The zero-order valence-corrected chi connectivity index (χ0v) is 9.73. The summed E-state index contributed by atoms with van der Waals surface area (Å²) < 4.78 is 17.6. The highest BCUT2D eigenvalue weighted by Gasteiger charge is 2.53. The fraction of sp³-hybridized carbons (Fsp3) is 0.833. The first-order valence-corrected chi connectivity index (χ1v) is 5.69. The molecule has 3 nitrogen and oxygen atoms in total. The van der Waals surface area contributed by atoms with Gasteiger partial charge in [-0.25, -0.2) is 0 Å². The van der Waals surface area contributed by atoms with Crippen LogP contribution in [0.25, 0.3) is 0 Å². The molecule has 15 heavy (non-hydrogen) atoms. The van der Waals surface area contributed by atoms with Crippen LogP contribution in [-0.4, -0.2) is 30.2 Å². The maximum atomic E-state index is 5.89. The summed E-state index contributed by atoms with van der Waals surface area (Å²) in [5, 5.41) is 0. The Morgan fingerprint density at radius 2 is 1.80 bits per heavy atom. The molecule has 0 spiro atoms. The molecule has 2 aliphatic heterocycles. The van der Waals surface area contributed by atoms with Gasteiger partial charge in [0.25, 0.3) is 0 Å². The maximum Gasteiger partial charge on any atom is 0.164 e. The molecule has 0 bridgehead atoms. The van der Waals surface area contributed by atoms with Crippen LogP contribution >= 0.6 is 0 Å². The summed E-state index contributed by atoms with van der Waals surface area (Å²) in [6, 6.07) is 0. The summed E-state index contributed by atoms with van der Waals surface area (Å²) in [4.78, 5) is 0. The molecule has 0 radical (unpaired) electrons. The fourth-order valence-corrected chi connectivity index (χ4v) is 2.45. The Bertz CT molecular complexity index is 249. The summed E-state index contributed by atoms with van der Waals surface area (Å²) in [7, 11) is 0. The zero-order chi connectivity index (χ0) is 11.1. The largest absolute Gasteiger partial charge is 0.369 e. The van der Waals surface area contributed by atoms with E-state index < -0.39 is 5.79 Å². The van der Waals surface area contributed by atoms with Crippen LogP contribution in [0.1, 0.15) is 33.6 Å². The predicted molar refractivity (Wildman–Crippen MR) is 57.6 cm³/mol. The van der Waals surface area contributed by atoms with Gasteiger partial charge in [0.05, 0.1) is 12.2 Å². The van der Waals surface area contributed by atoms with Crippen molar-refractivity contribution in [2.45, 2.75) is 63.8 Å². The van der Waals surface area contributed by atoms with E-state index in [2.05, 4.69) is 13.5 Å². The lowest BCUT2D eigenvalue weighted by Crippen LogP contribution is -2.29. The highest BCUT2D eigenvalue weighted by Crippen LogP contribution is 2.40. The Hall–Kier alpha value is -0.380. The van der Waals surface area contributed by atoms with Gasteiger partial charge in [0.15, 0.2) is 5.79 Å². The third kappa shape index (κ3) is 1.96. The normalized spacial score (nSPS) is 42.9. The van der Waals surface area contributed by atoms with Crippen LogP contribution < -0.4 is 0 Å². The minimum absolute atomic E-state index is 0.0722. The highest BCUT2D eigenvalue weighted by molar-refractivity contribution is 4.99. The Balaban J connectivity index is 2.11. The predicted octanol–water partition coefficient (Wildman–Crippen LogP) is 2.26. The van der Waals surface area contributed by atoms with E-state index in [4.69, 9.17) is 14.2 Å². The third-order valence-electron chi connectivity index (χ3n) is 3.05. The molecule has 2 rings (SSSR count). The van der Waals surface area contributed by atoms with Gasteiger partial charge >= 0.3 is 0 Å². The van der Waals surface area contributed by atoms with Crippen molar-refractivity contribution in [3.8, 4) is 0 Å². The van der Waals surface area contributed by atoms with Crippen molar-refractivity contribution in [2.24, 2.45) is 0 Å². The van der Waals surface area contributed by atoms with Crippen molar-refractivity contribution >= 4 is 0 Å². The second-order valence-corrected chi connectivity index (χ2v) is 4.71. The molecule has 0 aromatic carbocycles. The van der Waals surface area contributed by atoms with E-state index in [1.54, 1.807) is 0 Å². The van der Waals surface area contributed by atoms with Crippen LogP contribution in [0, 0.1) is 0 Å². The molecule has 2 saturated heterocycles. The van der Waals surface area contributed by atoms with Crippen molar-refractivity contribution in [1.29, 1.82) is 0 Å². The van der Waals surface area contributed by atoms with Crippen molar-refractivity contribution in [2.75, 3.05) is 0 Å². The smallest absolute Gasteiger partial charge is 0.164 e. The Kier molecular flexibility index (Phi) is 2.88. The average Bonchev–Trinajstić information content (AvgIpc) is 2.61. The van der Waals surface area contributed by atoms with Gasteiger partial charge in [-0.2, -0.15) is 0 Å². The van der Waals surface area contributed by atoms with Crippen LogP contribution in [0.4, 0.5) is 0 Å². The van der Waals surface area contributed by atoms with Crippen molar-refractivity contribution < 1.29 is 14.2 Å². The number of rotatable bonds is 3. The summed E-state index contributed by atoms with van der Waals surface area (Å²) in [6.07, 6.45) is 4.12. The second-order valence-electron chi connectivity index (χ2n) is 4.71. The molecule has 0 amide bonds. The molecule has 0 N–H and O–H groups in total. The van der Waals surface area contributed by atoms with E-state index in [1.807, 2.05) is 19.9 Å². The monoisotopic (exact) mass is 212 g/mol. The molecule has 0 aliphatic carbocycles. The molecule has 2 heterocycles. The molecule has 2 fully saturated rings. The Labute approximate surface area is 91.4 Å². The molecule has 4 atom stereocenters. The van der Waals surface area contributed by atoms with Gasteiger partial charge in [-0.1, -0.05) is 13.0 Å². The third-order valence-corrected chi connectivity index (χ3v) is 3.05. The summed E-state index contributed by atoms with van der Waals surface area (Å²) >= 11 is 0. The molecule has 0 unspecified atom stereocenters. The lowest BCUT2D eigenvalue weighted by atomic mass is 10.0. The van der Waals surface area contributed by atoms with E-state index in [0.29, 0.717) is 0 Å². The number of hydrogen-bond donors (Lipinski definition) is 0. The van der Waals surface area contributed by atoms with Crippen LogP contribution in [0.2, 0.25) is 0 Å². The lowest BCUT2D eigenvalue weighted by molar-refractivity contribution is -0.186. The summed E-state index contributed by atoms with van der Waals surface area (Å²) in [5.41, 5.74) is 0. The standard InChI is InChI=1S/C12H20O3/c1-5-7-9-11-10(8(6-2)13-9)14-12(3,4)15-11/h5,8-11H,1,6-7H2,2-4H3/t8-,9+,10-,11+/m1/s1. The first-order chi connectivity index (χ1) is 7.07. The van der Waals surface area contributed by atoms with Crippen LogP contribution in [0.5, 0.6) is 0 Å². The van der Waals surface area contributed by atoms with E-state index in [9.17, 15) is 0 Å². The molecular weight excluding hydrogens is 192 g/mol. The summed E-state index contributed by atoms with van der Waals surface area (Å²) in [5.74, 6) is -0.466. The number of hydrogen-bond acceptors (Lipinski definition) is 3. The first kappa shape index (κ1) is 11.1. The topological polar surface area (TPSA) is 27.7 Å². The molecule has 0 aromatic rings. The maximum absolute atomic E-state index is 5.89. The van der Waals surface area contributed by atoms with Gasteiger partial charge in [0.1, 0.15) is 12.2 Å². The van der Waals surface area contributed by atoms with Crippen LogP contribution in [0.15, 0.2) is 12.7 Å². The highest BCUT2D eigenvalue weighted by atomic mass is 16.8. The molecule has 0 aromatic heterocycles. The number of ether oxygens (including phenoxy) is 3. The molecule has 86 valence electrons. The van der Waals surface area contributed by atoms with Crippen LogP contribution in [0.3, 0.4) is 0 Å². The van der Waals surface area contributed by atoms with Gasteiger partial charge in [-0.05, 0) is 26.7 Å². The van der Waals surface area contributed by atoms with Gasteiger partial charge in [-0.15, -0.1) is 6.58 Å². The number of fused-ring (bicyclic) bond motifs is 1. The second kappa shape index (κ2) is 3.89. The quantitative estimate of drug-likeness (QED) is 0.672. The van der Waals surface area contributed by atoms with Crippen molar-refractivity contribution in [3.63, 3.8) is 0 Å². The minimum atomic E-state index is -0.466. The average molecular weight is 212 g/mol. The fourth-order valence-electron chi connectivity index (χ4n) is 2.45. The zero-order valence-electron chi connectivity index (χ0n) is 9.73. The van der Waals surface area contributed by atoms with E-state index in [-0.39, 0.29) is 24.4 Å². The molecule has 0 saturated carbocycles. The minimum Gasteiger partial charge on any atom is -0.369 e. The van der Waals surface area contributed by atoms with Gasteiger partial charge in [0, 0.05) is 0 Å². The van der Waals surface area contributed by atoms with E-state index >= 15 is 0 Å².